The van der Waals surface area contributed by atoms with Gasteiger partial charge in [-0.3, -0.25) is 0 Å². The molecular formula is C11H7BrClFN2O2. The van der Waals surface area contributed by atoms with Crippen molar-refractivity contribution in [1.29, 1.82) is 0 Å². The van der Waals surface area contributed by atoms with E-state index < -0.39 is 11.8 Å². The molecule has 0 bridgehead atoms. The predicted octanol–water partition coefficient (Wildman–Crippen LogP) is 3.43. The zero-order valence-electron chi connectivity index (χ0n) is 9.12. The number of halogens is 3. The van der Waals surface area contributed by atoms with Crippen molar-refractivity contribution in [2.75, 3.05) is 0 Å². The molecule has 0 radical (unpaired) electrons. The first-order valence-electron chi connectivity index (χ1n) is 4.85. The van der Waals surface area contributed by atoms with Crippen molar-refractivity contribution >= 4 is 33.5 Å². The highest BCUT2D eigenvalue weighted by atomic mass is 79.9. The quantitative estimate of drug-likeness (QED) is 0.916. The molecule has 0 fully saturated rings. The van der Waals surface area contributed by atoms with Crippen molar-refractivity contribution in [3.8, 4) is 5.69 Å². The van der Waals surface area contributed by atoms with Crippen LogP contribution in [0.15, 0.2) is 22.7 Å². The number of nitrogens with zero attached hydrogens (tertiary/aromatic N) is 2. The van der Waals surface area contributed by atoms with Crippen LogP contribution in [0.3, 0.4) is 0 Å². The Balaban J connectivity index is 2.61. The second kappa shape index (κ2) is 4.70. The SMILES string of the molecule is Cc1c(Br)c(C(=O)O)nn1-c1ccc(Cl)c(F)c1. The van der Waals surface area contributed by atoms with E-state index in [1.807, 2.05) is 0 Å². The normalized spacial score (nSPS) is 10.7. The van der Waals surface area contributed by atoms with Gasteiger partial charge < -0.3 is 5.11 Å². The number of carbonyl (C=O) groups is 1. The number of carboxylic acids is 1. The Morgan fingerprint density at radius 2 is 2.22 bits per heavy atom. The van der Waals surface area contributed by atoms with Crippen LogP contribution < -0.4 is 0 Å². The van der Waals surface area contributed by atoms with Crippen LogP contribution in [0.2, 0.25) is 5.02 Å². The first kappa shape index (κ1) is 13.0. The van der Waals surface area contributed by atoms with E-state index in [2.05, 4.69) is 21.0 Å². The Morgan fingerprint density at radius 1 is 1.56 bits per heavy atom. The molecule has 7 heteroatoms. The lowest BCUT2D eigenvalue weighted by Crippen LogP contribution is -2.02. The summed E-state index contributed by atoms with van der Waals surface area (Å²) >= 11 is 8.73. The molecule has 0 amide bonds. The maximum atomic E-state index is 13.4. The van der Waals surface area contributed by atoms with Gasteiger partial charge in [-0.25, -0.2) is 13.9 Å². The Hall–Kier alpha value is -1.40. The number of hydrogen-bond acceptors (Lipinski definition) is 2. The summed E-state index contributed by atoms with van der Waals surface area (Å²) in [4.78, 5) is 10.9. The van der Waals surface area contributed by atoms with Crippen molar-refractivity contribution < 1.29 is 14.3 Å². The molecule has 1 aromatic carbocycles. The molecule has 0 spiro atoms. The highest BCUT2D eigenvalue weighted by Crippen LogP contribution is 2.25. The summed E-state index contributed by atoms with van der Waals surface area (Å²) in [7, 11) is 0. The van der Waals surface area contributed by atoms with Crippen LogP contribution in [-0.4, -0.2) is 20.9 Å². The monoisotopic (exact) mass is 332 g/mol. The average Bonchev–Trinajstić information content (AvgIpc) is 2.60. The van der Waals surface area contributed by atoms with Crippen molar-refractivity contribution in [3.05, 3.63) is 44.9 Å². The average molecular weight is 334 g/mol. The smallest absolute Gasteiger partial charge is 0.357 e. The summed E-state index contributed by atoms with van der Waals surface area (Å²) in [6.45, 7) is 1.68. The van der Waals surface area contributed by atoms with E-state index in [0.29, 0.717) is 15.9 Å². The number of hydrogen-bond donors (Lipinski definition) is 1. The zero-order chi connectivity index (χ0) is 13.4. The third kappa shape index (κ3) is 2.13. The standard InChI is InChI=1S/C11H7BrClFN2O2/c1-5-9(12)10(11(17)18)15-16(5)6-2-3-7(13)8(14)4-6/h2-4H,1H3,(H,17,18). The molecule has 1 heterocycles. The summed E-state index contributed by atoms with van der Waals surface area (Å²) in [5.41, 5.74) is 0.847. The first-order chi connectivity index (χ1) is 8.41. The van der Waals surface area contributed by atoms with Crippen LogP contribution in [0.4, 0.5) is 4.39 Å². The second-order valence-electron chi connectivity index (χ2n) is 3.56. The molecule has 18 heavy (non-hydrogen) atoms. The summed E-state index contributed by atoms with van der Waals surface area (Å²) in [5.74, 6) is -1.74. The van der Waals surface area contributed by atoms with E-state index in [1.165, 1.54) is 16.8 Å². The summed E-state index contributed by atoms with van der Waals surface area (Å²) in [5, 5.41) is 12.9. The van der Waals surface area contributed by atoms with Gasteiger partial charge in [0.2, 0.25) is 0 Å². The minimum absolute atomic E-state index is 0.00100. The molecule has 1 N–H and O–H groups in total. The molecule has 2 aromatic rings. The zero-order valence-corrected chi connectivity index (χ0v) is 11.5. The van der Waals surface area contributed by atoms with Crippen molar-refractivity contribution in [3.63, 3.8) is 0 Å². The predicted molar refractivity (Wildman–Crippen MR) is 67.9 cm³/mol. The van der Waals surface area contributed by atoms with Crippen LogP contribution in [0.1, 0.15) is 16.2 Å². The summed E-state index contributed by atoms with van der Waals surface area (Å²) in [6.07, 6.45) is 0. The number of rotatable bonds is 2. The van der Waals surface area contributed by atoms with Gasteiger partial charge in [0.1, 0.15) is 5.82 Å². The maximum absolute atomic E-state index is 13.4. The van der Waals surface area contributed by atoms with Crippen LogP contribution in [-0.2, 0) is 0 Å². The lowest BCUT2D eigenvalue weighted by atomic mass is 10.3. The van der Waals surface area contributed by atoms with Gasteiger partial charge in [0.05, 0.1) is 20.9 Å². The van der Waals surface area contributed by atoms with Crippen LogP contribution >= 0.6 is 27.5 Å². The van der Waals surface area contributed by atoms with Gasteiger partial charge >= 0.3 is 5.97 Å². The van der Waals surface area contributed by atoms with Gasteiger partial charge in [-0.2, -0.15) is 5.10 Å². The third-order valence-electron chi connectivity index (χ3n) is 2.39. The highest BCUT2D eigenvalue weighted by Gasteiger charge is 2.19. The molecule has 0 aliphatic rings. The lowest BCUT2D eigenvalue weighted by molar-refractivity contribution is 0.0689. The van der Waals surface area contributed by atoms with E-state index in [9.17, 15) is 9.18 Å². The lowest BCUT2D eigenvalue weighted by Gasteiger charge is -2.04. The fourth-order valence-corrected chi connectivity index (χ4v) is 2.02. The van der Waals surface area contributed by atoms with Crippen molar-refractivity contribution in [2.24, 2.45) is 0 Å². The first-order valence-corrected chi connectivity index (χ1v) is 6.02. The van der Waals surface area contributed by atoms with Crippen LogP contribution in [0, 0.1) is 12.7 Å². The van der Waals surface area contributed by atoms with Crippen LogP contribution in [0.25, 0.3) is 5.69 Å². The van der Waals surface area contributed by atoms with E-state index >= 15 is 0 Å². The Labute approximate surface area is 115 Å². The molecule has 0 unspecified atom stereocenters. The molecule has 0 saturated carbocycles. The fourth-order valence-electron chi connectivity index (χ4n) is 1.49. The molecule has 0 aliphatic carbocycles. The highest BCUT2D eigenvalue weighted by molar-refractivity contribution is 9.10. The van der Waals surface area contributed by atoms with Gasteiger partial charge in [-0.1, -0.05) is 11.6 Å². The van der Waals surface area contributed by atoms with E-state index in [-0.39, 0.29) is 10.7 Å². The number of carboxylic acid groups (broad SMARTS) is 1. The Kier molecular flexibility index (Phi) is 3.41. The number of aromatic carboxylic acids is 1. The molecule has 0 atom stereocenters. The minimum atomic E-state index is -1.15. The van der Waals surface area contributed by atoms with E-state index in [4.69, 9.17) is 16.7 Å². The number of aromatic nitrogens is 2. The van der Waals surface area contributed by atoms with E-state index in [1.54, 1.807) is 13.0 Å². The molecule has 4 nitrogen and oxygen atoms in total. The summed E-state index contributed by atoms with van der Waals surface area (Å²) in [6, 6.07) is 4.14. The van der Waals surface area contributed by atoms with Gasteiger partial charge in [0, 0.05) is 6.07 Å². The van der Waals surface area contributed by atoms with Gasteiger partial charge in [0.25, 0.3) is 0 Å². The summed E-state index contributed by atoms with van der Waals surface area (Å²) < 4.78 is 15.1. The molecule has 0 saturated heterocycles. The van der Waals surface area contributed by atoms with E-state index in [0.717, 1.165) is 0 Å². The molecule has 0 aliphatic heterocycles. The largest absolute Gasteiger partial charge is 0.476 e. The molecule has 2 rings (SSSR count). The molecular weight excluding hydrogens is 326 g/mol. The third-order valence-corrected chi connectivity index (χ3v) is 3.65. The van der Waals surface area contributed by atoms with Gasteiger partial charge in [0.15, 0.2) is 5.69 Å². The Bertz CT molecular complexity index is 642. The maximum Gasteiger partial charge on any atom is 0.357 e. The van der Waals surface area contributed by atoms with Gasteiger partial charge in [-0.15, -0.1) is 0 Å². The Morgan fingerprint density at radius 3 is 2.72 bits per heavy atom. The van der Waals surface area contributed by atoms with Crippen molar-refractivity contribution in [2.45, 2.75) is 6.92 Å². The van der Waals surface area contributed by atoms with Gasteiger partial charge in [-0.05, 0) is 35.0 Å². The molecule has 1 aromatic heterocycles. The van der Waals surface area contributed by atoms with Crippen molar-refractivity contribution in [1.82, 2.24) is 9.78 Å². The second-order valence-corrected chi connectivity index (χ2v) is 4.76. The van der Waals surface area contributed by atoms with Crippen LogP contribution in [0.5, 0.6) is 0 Å². The number of benzene rings is 1. The topological polar surface area (TPSA) is 55.1 Å². The minimum Gasteiger partial charge on any atom is -0.476 e. The molecule has 94 valence electrons. The fraction of sp³-hybridized carbons (Fsp3) is 0.0909.